The van der Waals surface area contributed by atoms with Crippen molar-refractivity contribution in [3.8, 4) is 0 Å². The minimum Gasteiger partial charge on any atom is -0.378 e. The summed E-state index contributed by atoms with van der Waals surface area (Å²) in [5, 5.41) is 30.9. The summed E-state index contributed by atoms with van der Waals surface area (Å²) in [5.41, 5.74) is 0. The lowest BCUT2D eigenvalue weighted by Gasteiger charge is -2.23. The molecule has 0 aromatic heterocycles. The fourth-order valence-corrected chi connectivity index (χ4v) is 4.69. The molecule has 0 aromatic carbocycles. The molecule has 0 bridgehead atoms. The molecule has 2 unspecified atom stereocenters. The summed E-state index contributed by atoms with van der Waals surface area (Å²) < 4.78 is 0. The Bertz CT molecular complexity index is 308. The minimum atomic E-state index is -0.630. The van der Waals surface area contributed by atoms with Crippen LogP contribution in [0.5, 0.6) is 0 Å². The van der Waals surface area contributed by atoms with Crippen LogP contribution in [0.15, 0.2) is 45.9 Å². The van der Waals surface area contributed by atoms with Crippen LogP contribution < -0.4 is 5.32 Å². The van der Waals surface area contributed by atoms with E-state index in [0.29, 0.717) is 11.5 Å². The summed E-state index contributed by atoms with van der Waals surface area (Å²) in [6.07, 6.45) is 6.76. The van der Waals surface area contributed by atoms with Crippen molar-refractivity contribution in [3.63, 3.8) is 0 Å². The van der Waals surface area contributed by atoms with Gasteiger partial charge in [-0.3, -0.25) is 5.32 Å². The SMILES string of the molecule is OC(C[SH]1C=CC=C1)NC(O)C[SH]1C=CC=C1. The molecule has 0 saturated carbocycles. The highest BCUT2D eigenvalue weighted by Gasteiger charge is 2.14. The third-order valence-electron chi connectivity index (χ3n) is 2.48. The van der Waals surface area contributed by atoms with Gasteiger partial charge in [0.05, 0.1) is 0 Å². The molecule has 0 amide bonds. The number of hydrogen-bond donors (Lipinski definition) is 5. The summed E-state index contributed by atoms with van der Waals surface area (Å²) in [7, 11) is -0.676. The second-order valence-electron chi connectivity index (χ2n) is 3.96. The zero-order valence-corrected chi connectivity index (χ0v) is 11.3. The molecule has 0 spiro atoms. The molecule has 2 aliphatic heterocycles. The van der Waals surface area contributed by atoms with E-state index in [4.69, 9.17) is 0 Å². The molecule has 0 fully saturated rings. The Morgan fingerprint density at radius 1 is 0.765 bits per heavy atom. The Kier molecular flexibility index (Phi) is 4.94. The van der Waals surface area contributed by atoms with Crippen LogP contribution in [0.3, 0.4) is 0 Å². The molecular weight excluding hydrogens is 254 g/mol. The highest BCUT2D eigenvalue weighted by molar-refractivity contribution is 8.22. The van der Waals surface area contributed by atoms with Gasteiger partial charge in [-0.2, -0.15) is 0 Å². The van der Waals surface area contributed by atoms with Gasteiger partial charge >= 0.3 is 0 Å². The molecule has 2 atom stereocenters. The summed E-state index contributed by atoms with van der Waals surface area (Å²) in [5.74, 6) is 1.34. The molecular formula is C12H19NO2S2. The van der Waals surface area contributed by atoms with Gasteiger partial charge in [0.1, 0.15) is 12.5 Å². The number of hydrogen-bond acceptors (Lipinski definition) is 3. The fourth-order valence-electron chi connectivity index (χ4n) is 1.71. The predicted molar refractivity (Wildman–Crippen MR) is 79.4 cm³/mol. The van der Waals surface area contributed by atoms with E-state index < -0.39 is 12.5 Å². The van der Waals surface area contributed by atoms with Crippen molar-refractivity contribution < 1.29 is 10.2 Å². The Balaban J connectivity index is 1.68. The van der Waals surface area contributed by atoms with Crippen LogP contribution in [-0.4, -0.2) is 34.2 Å². The van der Waals surface area contributed by atoms with Crippen LogP contribution in [0, 0.1) is 0 Å². The van der Waals surface area contributed by atoms with E-state index in [-0.39, 0.29) is 21.8 Å². The van der Waals surface area contributed by atoms with E-state index in [1.54, 1.807) is 0 Å². The Morgan fingerprint density at radius 3 is 1.47 bits per heavy atom. The van der Waals surface area contributed by atoms with E-state index in [2.05, 4.69) is 26.9 Å². The number of thiol groups is 2. The van der Waals surface area contributed by atoms with Gasteiger partial charge in [-0.25, -0.2) is 21.8 Å². The molecule has 2 aliphatic rings. The maximum atomic E-state index is 9.80. The van der Waals surface area contributed by atoms with Gasteiger partial charge in [-0.1, -0.05) is 24.3 Å². The molecule has 3 nitrogen and oxygen atoms in total. The molecule has 17 heavy (non-hydrogen) atoms. The maximum absolute atomic E-state index is 9.80. The van der Waals surface area contributed by atoms with Gasteiger partial charge in [-0.05, 0) is 21.6 Å². The average molecular weight is 273 g/mol. The molecule has 0 radical (unpaired) electrons. The summed E-state index contributed by atoms with van der Waals surface area (Å²) in [6, 6.07) is 0. The van der Waals surface area contributed by atoms with Gasteiger partial charge in [0.15, 0.2) is 0 Å². The van der Waals surface area contributed by atoms with Crippen LogP contribution in [0.4, 0.5) is 0 Å². The molecule has 2 heterocycles. The van der Waals surface area contributed by atoms with Crippen molar-refractivity contribution in [2.75, 3.05) is 11.5 Å². The lowest BCUT2D eigenvalue weighted by molar-refractivity contribution is 0.0683. The number of rotatable bonds is 6. The second-order valence-corrected chi connectivity index (χ2v) is 7.94. The van der Waals surface area contributed by atoms with E-state index in [1.165, 1.54) is 0 Å². The molecule has 2 rings (SSSR count). The largest absolute Gasteiger partial charge is 0.378 e. The molecule has 0 aromatic rings. The van der Waals surface area contributed by atoms with Crippen LogP contribution in [0.2, 0.25) is 0 Å². The number of aliphatic hydroxyl groups is 2. The van der Waals surface area contributed by atoms with Crippen molar-refractivity contribution in [1.29, 1.82) is 0 Å². The van der Waals surface area contributed by atoms with Crippen molar-refractivity contribution in [2.45, 2.75) is 12.5 Å². The number of aliphatic hydroxyl groups excluding tert-OH is 2. The van der Waals surface area contributed by atoms with E-state index in [9.17, 15) is 10.2 Å². The summed E-state index contributed by atoms with van der Waals surface area (Å²) in [4.78, 5) is 0. The van der Waals surface area contributed by atoms with Crippen molar-refractivity contribution in [3.05, 3.63) is 45.9 Å². The first-order valence-electron chi connectivity index (χ1n) is 5.58. The lowest BCUT2D eigenvalue weighted by Crippen LogP contribution is -2.41. The predicted octanol–water partition coefficient (Wildman–Crippen LogP) is 1.30. The fraction of sp³-hybridized carbons (Fsp3) is 0.333. The van der Waals surface area contributed by atoms with Gasteiger partial charge in [0, 0.05) is 11.5 Å². The molecule has 3 N–H and O–H groups in total. The van der Waals surface area contributed by atoms with Crippen LogP contribution in [0.1, 0.15) is 0 Å². The van der Waals surface area contributed by atoms with E-state index in [1.807, 2.05) is 24.3 Å². The quantitative estimate of drug-likeness (QED) is 0.374. The molecule has 5 heteroatoms. The smallest absolute Gasteiger partial charge is 0.114 e. The highest BCUT2D eigenvalue weighted by Crippen LogP contribution is 2.34. The third kappa shape index (κ3) is 4.37. The zero-order chi connectivity index (χ0) is 12.1. The van der Waals surface area contributed by atoms with Gasteiger partial charge in [-0.15, -0.1) is 0 Å². The zero-order valence-electron chi connectivity index (χ0n) is 9.48. The first-order chi connectivity index (χ1) is 8.24. The Morgan fingerprint density at radius 2 is 1.12 bits per heavy atom. The first-order valence-corrected chi connectivity index (χ1v) is 8.91. The van der Waals surface area contributed by atoms with Gasteiger partial charge < -0.3 is 10.2 Å². The number of nitrogens with one attached hydrogen (secondary N) is 1. The van der Waals surface area contributed by atoms with E-state index >= 15 is 0 Å². The van der Waals surface area contributed by atoms with Crippen molar-refractivity contribution in [1.82, 2.24) is 5.32 Å². The molecule has 0 saturated heterocycles. The third-order valence-corrected chi connectivity index (χ3v) is 6.24. The number of allylic oxidation sites excluding steroid dienone is 4. The lowest BCUT2D eigenvalue weighted by atomic mass is 10.5. The Labute approximate surface area is 107 Å². The van der Waals surface area contributed by atoms with Crippen LogP contribution >= 0.6 is 21.8 Å². The topological polar surface area (TPSA) is 52.5 Å². The van der Waals surface area contributed by atoms with Crippen LogP contribution in [0.25, 0.3) is 0 Å². The van der Waals surface area contributed by atoms with Crippen molar-refractivity contribution in [2.24, 2.45) is 0 Å². The standard InChI is InChI=1S/C12H19NO2S2/c14-11(9-16-5-1-2-6-16)13-12(15)10-17-7-3-4-8-17/h1-8,11-17H,9-10H2. The summed E-state index contributed by atoms with van der Waals surface area (Å²) >= 11 is 0. The molecule has 0 aliphatic carbocycles. The maximum Gasteiger partial charge on any atom is 0.114 e. The van der Waals surface area contributed by atoms with E-state index in [0.717, 1.165) is 0 Å². The van der Waals surface area contributed by atoms with Gasteiger partial charge in [0.2, 0.25) is 0 Å². The minimum absolute atomic E-state index is 0.338. The average Bonchev–Trinajstić information content (AvgIpc) is 2.90. The highest BCUT2D eigenvalue weighted by atomic mass is 32.2. The Hall–Kier alpha value is -0.460. The molecule has 96 valence electrons. The van der Waals surface area contributed by atoms with Crippen LogP contribution in [-0.2, 0) is 0 Å². The normalized spacial score (nSPS) is 24.8. The van der Waals surface area contributed by atoms with Gasteiger partial charge in [0.25, 0.3) is 0 Å². The van der Waals surface area contributed by atoms with Crippen molar-refractivity contribution >= 4 is 21.8 Å². The summed E-state index contributed by atoms with van der Waals surface area (Å²) in [6.45, 7) is 0. The monoisotopic (exact) mass is 273 g/mol. The second kappa shape index (κ2) is 6.47. The first kappa shape index (κ1) is 13.0.